The first-order valence-corrected chi connectivity index (χ1v) is 5.86. The van der Waals surface area contributed by atoms with E-state index in [4.69, 9.17) is 4.74 Å². The van der Waals surface area contributed by atoms with E-state index in [2.05, 4.69) is 15.9 Å². The Hall–Kier alpha value is -1.10. The average Bonchev–Trinajstić information content (AvgIpc) is 2.21. The van der Waals surface area contributed by atoms with Crippen LogP contribution in [0.5, 0.6) is 0 Å². The fourth-order valence-electron chi connectivity index (χ4n) is 1.35. The van der Waals surface area contributed by atoms with Crippen molar-refractivity contribution >= 4 is 21.9 Å². The molecule has 0 aliphatic rings. The molecule has 0 amide bonds. The van der Waals surface area contributed by atoms with Crippen LogP contribution in [0.4, 0.5) is 0 Å². The largest absolute Gasteiger partial charge is 0.466 e. The number of hydrogen-bond donors (Lipinski definition) is 0. The number of halogens is 1. The van der Waals surface area contributed by atoms with Crippen LogP contribution in [-0.2, 0) is 16.1 Å². The molecule has 0 saturated carbocycles. The normalized spacial score (nSPS) is 10.2. The molecule has 0 fully saturated rings. The number of carbonyl (C=O) groups is 1. The number of nitrogens with zero attached hydrogens (tertiary/aromatic N) is 1. The highest BCUT2D eigenvalue weighted by molar-refractivity contribution is 9.10. The summed E-state index contributed by atoms with van der Waals surface area (Å²) in [5.41, 5.74) is 0.575. The van der Waals surface area contributed by atoms with E-state index in [0.29, 0.717) is 18.7 Å². The molecule has 1 rings (SSSR count). The highest BCUT2D eigenvalue weighted by Gasteiger charge is 2.05. The molecule has 1 aromatic heterocycles. The summed E-state index contributed by atoms with van der Waals surface area (Å²) in [6, 6.07) is 1.75. The quantitative estimate of drug-likeness (QED) is 0.795. The van der Waals surface area contributed by atoms with E-state index in [9.17, 15) is 9.59 Å². The van der Waals surface area contributed by atoms with Crippen molar-refractivity contribution in [1.82, 2.24) is 4.57 Å². The van der Waals surface area contributed by atoms with Gasteiger partial charge in [0.05, 0.1) is 13.0 Å². The number of carbonyl (C=O) groups excluding carboxylic acids is 1. The third-order valence-corrected chi connectivity index (χ3v) is 2.53. The third-order valence-electron chi connectivity index (χ3n) is 2.09. The average molecular weight is 288 g/mol. The highest BCUT2D eigenvalue weighted by Crippen LogP contribution is 2.08. The predicted molar refractivity (Wildman–Crippen MR) is 64.4 cm³/mol. The van der Waals surface area contributed by atoms with Crippen molar-refractivity contribution in [1.29, 1.82) is 0 Å². The number of rotatable bonds is 4. The van der Waals surface area contributed by atoms with Gasteiger partial charge in [0.2, 0.25) is 0 Å². The molecule has 0 atom stereocenters. The standard InChI is InChI=1S/C11H14BrNO3/c1-3-16-10(14)4-5-13-7-9(12)6-8(2)11(13)15/h6-7H,3-5H2,1-2H3. The summed E-state index contributed by atoms with van der Waals surface area (Å²) in [6.07, 6.45) is 1.89. The van der Waals surface area contributed by atoms with Gasteiger partial charge >= 0.3 is 5.97 Å². The Labute approximate surface area is 102 Å². The Morgan fingerprint density at radius 2 is 2.25 bits per heavy atom. The third kappa shape index (κ3) is 3.48. The minimum absolute atomic E-state index is 0.0764. The van der Waals surface area contributed by atoms with E-state index in [0.717, 1.165) is 4.47 Å². The van der Waals surface area contributed by atoms with Crippen LogP contribution < -0.4 is 5.56 Å². The van der Waals surface area contributed by atoms with Gasteiger partial charge in [0.15, 0.2) is 0 Å². The number of aryl methyl sites for hydroxylation is 2. The van der Waals surface area contributed by atoms with Crippen LogP contribution in [0, 0.1) is 6.92 Å². The van der Waals surface area contributed by atoms with Crippen molar-refractivity contribution in [2.45, 2.75) is 26.8 Å². The van der Waals surface area contributed by atoms with E-state index in [1.165, 1.54) is 4.57 Å². The van der Waals surface area contributed by atoms with Gasteiger partial charge < -0.3 is 9.30 Å². The smallest absolute Gasteiger partial charge is 0.307 e. The van der Waals surface area contributed by atoms with Gasteiger partial charge in [-0.15, -0.1) is 0 Å². The summed E-state index contributed by atoms with van der Waals surface area (Å²) in [4.78, 5) is 22.8. The molecule has 16 heavy (non-hydrogen) atoms. The zero-order valence-electron chi connectivity index (χ0n) is 9.33. The monoisotopic (exact) mass is 287 g/mol. The molecule has 4 nitrogen and oxygen atoms in total. The first kappa shape index (κ1) is 13.0. The van der Waals surface area contributed by atoms with Crippen LogP contribution in [0.15, 0.2) is 21.5 Å². The first-order valence-electron chi connectivity index (χ1n) is 5.06. The molecule has 0 N–H and O–H groups in total. The van der Waals surface area contributed by atoms with Crippen molar-refractivity contribution < 1.29 is 9.53 Å². The highest BCUT2D eigenvalue weighted by atomic mass is 79.9. The van der Waals surface area contributed by atoms with Crippen LogP contribution in [0.3, 0.4) is 0 Å². The van der Waals surface area contributed by atoms with Gasteiger partial charge in [-0.3, -0.25) is 9.59 Å². The Morgan fingerprint density at radius 3 is 2.88 bits per heavy atom. The van der Waals surface area contributed by atoms with E-state index in [-0.39, 0.29) is 17.9 Å². The molecule has 0 aromatic carbocycles. The molecule has 0 radical (unpaired) electrons. The molecular weight excluding hydrogens is 274 g/mol. The van der Waals surface area contributed by atoms with E-state index < -0.39 is 0 Å². The Bertz CT molecular complexity index is 439. The Balaban J connectivity index is 2.74. The lowest BCUT2D eigenvalue weighted by Gasteiger charge is -2.07. The number of ether oxygens (including phenoxy) is 1. The van der Waals surface area contributed by atoms with Crippen molar-refractivity contribution in [3.05, 3.63) is 32.7 Å². The van der Waals surface area contributed by atoms with Crippen LogP contribution in [0.25, 0.3) is 0 Å². The summed E-state index contributed by atoms with van der Waals surface area (Å²) in [7, 11) is 0. The summed E-state index contributed by atoms with van der Waals surface area (Å²) >= 11 is 3.31. The first-order chi connectivity index (χ1) is 7.54. The van der Waals surface area contributed by atoms with Crippen molar-refractivity contribution in [2.24, 2.45) is 0 Å². The second-order valence-corrected chi connectivity index (χ2v) is 4.31. The number of aromatic nitrogens is 1. The van der Waals surface area contributed by atoms with Crippen LogP contribution >= 0.6 is 15.9 Å². The predicted octanol–water partition coefficient (Wildman–Crippen LogP) is 1.87. The van der Waals surface area contributed by atoms with Gasteiger partial charge in [0.1, 0.15) is 0 Å². The Morgan fingerprint density at radius 1 is 1.56 bits per heavy atom. The maximum Gasteiger partial charge on any atom is 0.307 e. The minimum atomic E-state index is -0.285. The fraction of sp³-hybridized carbons (Fsp3) is 0.455. The SMILES string of the molecule is CCOC(=O)CCn1cc(Br)cc(C)c1=O. The molecule has 0 spiro atoms. The zero-order valence-corrected chi connectivity index (χ0v) is 10.9. The van der Waals surface area contributed by atoms with Crippen LogP contribution in [0.1, 0.15) is 18.9 Å². The molecule has 1 heterocycles. The molecular formula is C11H14BrNO3. The second kappa shape index (κ2) is 5.84. The van der Waals surface area contributed by atoms with E-state index in [1.54, 1.807) is 26.1 Å². The second-order valence-electron chi connectivity index (χ2n) is 3.39. The van der Waals surface area contributed by atoms with Crippen LogP contribution in [0.2, 0.25) is 0 Å². The van der Waals surface area contributed by atoms with Crippen molar-refractivity contribution in [3.63, 3.8) is 0 Å². The summed E-state index contributed by atoms with van der Waals surface area (Å²) in [5, 5.41) is 0. The maximum absolute atomic E-state index is 11.7. The van der Waals surface area contributed by atoms with E-state index in [1.807, 2.05) is 0 Å². The lowest BCUT2D eigenvalue weighted by Crippen LogP contribution is -2.23. The van der Waals surface area contributed by atoms with Gasteiger partial charge in [0, 0.05) is 22.8 Å². The molecule has 0 aliphatic heterocycles. The Kier molecular flexibility index (Phi) is 4.73. The molecule has 0 saturated heterocycles. The molecule has 5 heteroatoms. The van der Waals surface area contributed by atoms with Gasteiger partial charge in [0.25, 0.3) is 5.56 Å². The molecule has 0 bridgehead atoms. The van der Waals surface area contributed by atoms with Gasteiger partial charge in [-0.1, -0.05) is 0 Å². The molecule has 0 unspecified atom stereocenters. The topological polar surface area (TPSA) is 48.3 Å². The molecule has 88 valence electrons. The number of esters is 1. The van der Waals surface area contributed by atoms with E-state index >= 15 is 0 Å². The summed E-state index contributed by atoms with van der Waals surface area (Å²) in [5.74, 6) is -0.285. The lowest BCUT2D eigenvalue weighted by atomic mass is 10.3. The van der Waals surface area contributed by atoms with Crippen molar-refractivity contribution in [2.75, 3.05) is 6.61 Å². The maximum atomic E-state index is 11.7. The minimum Gasteiger partial charge on any atom is -0.466 e. The van der Waals surface area contributed by atoms with Gasteiger partial charge in [-0.2, -0.15) is 0 Å². The van der Waals surface area contributed by atoms with Gasteiger partial charge in [-0.05, 0) is 35.8 Å². The number of hydrogen-bond acceptors (Lipinski definition) is 3. The fourth-order valence-corrected chi connectivity index (χ4v) is 1.94. The van der Waals surface area contributed by atoms with Gasteiger partial charge in [-0.25, -0.2) is 0 Å². The molecule has 0 aliphatic carbocycles. The van der Waals surface area contributed by atoms with Crippen LogP contribution in [-0.4, -0.2) is 17.1 Å². The van der Waals surface area contributed by atoms with Crippen molar-refractivity contribution in [3.8, 4) is 0 Å². The zero-order chi connectivity index (χ0) is 12.1. The summed E-state index contributed by atoms with van der Waals surface area (Å²) in [6.45, 7) is 4.21. The summed E-state index contributed by atoms with van der Waals surface area (Å²) < 4.78 is 7.14. The lowest BCUT2D eigenvalue weighted by molar-refractivity contribution is -0.143. The molecule has 1 aromatic rings. The number of pyridine rings is 1.